The lowest BCUT2D eigenvalue weighted by Crippen LogP contribution is -1.98. The van der Waals surface area contributed by atoms with Gasteiger partial charge < -0.3 is 4.98 Å². The first-order valence-corrected chi connectivity index (χ1v) is 5.94. The fourth-order valence-electron chi connectivity index (χ4n) is 2.03. The van der Waals surface area contributed by atoms with E-state index in [1.807, 2.05) is 0 Å². The second kappa shape index (κ2) is 5.02. The van der Waals surface area contributed by atoms with Crippen molar-refractivity contribution in [1.82, 2.24) is 4.98 Å². The van der Waals surface area contributed by atoms with Gasteiger partial charge in [-0.1, -0.05) is 44.2 Å². The molecule has 84 valence electrons. The minimum Gasteiger partial charge on any atom is -0.364 e. The summed E-state index contributed by atoms with van der Waals surface area (Å²) in [6, 6.07) is 12.8. The Morgan fingerprint density at radius 3 is 2.50 bits per heavy atom. The molecule has 1 aromatic carbocycles. The summed E-state index contributed by atoms with van der Waals surface area (Å²) < 4.78 is 0. The van der Waals surface area contributed by atoms with Crippen molar-refractivity contribution in [3.8, 4) is 0 Å². The number of hydrogen-bond acceptors (Lipinski definition) is 0. The molecule has 0 radical (unpaired) electrons. The summed E-state index contributed by atoms with van der Waals surface area (Å²) in [5.74, 6) is 0.713. The van der Waals surface area contributed by atoms with Crippen LogP contribution in [0.5, 0.6) is 0 Å². The zero-order valence-corrected chi connectivity index (χ0v) is 10.0. The first kappa shape index (κ1) is 11.0. The van der Waals surface area contributed by atoms with Gasteiger partial charge in [-0.05, 0) is 29.5 Å². The summed E-state index contributed by atoms with van der Waals surface area (Å²) in [4.78, 5) is 3.36. The number of hydrogen-bond donors (Lipinski definition) is 1. The molecule has 0 amide bonds. The molecule has 0 bridgehead atoms. The third-order valence-electron chi connectivity index (χ3n) is 2.78. The van der Waals surface area contributed by atoms with Gasteiger partial charge in [0.05, 0.1) is 0 Å². The van der Waals surface area contributed by atoms with E-state index in [1.54, 1.807) is 0 Å². The van der Waals surface area contributed by atoms with E-state index in [0.29, 0.717) is 5.92 Å². The first-order chi connectivity index (χ1) is 7.75. The van der Waals surface area contributed by atoms with Crippen LogP contribution in [-0.4, -0.2) is 4.98 Å². The molecular formula is C15H19N. The van der Waals surface area contributed by atoms with Crippen molar-refractivity contribution in [1.29, 1.82) is 0 Å². The molecule has 0 aliphatic heterocycles. The molecule has 0 atom stereocenters. The van der Waals surface area contributed by atoms with Gasteiger partial charge in [0.2, 0.25) is 0 Å². The van der Waals surface area contributed by atoms with E-state index in [0.717, 1.165) is 12.8 Å². The molecule has 0 saturated carbocycles. The van der Waals surface area contributed by atoms with Gasteiger partial charge in [0.15, 0.2) is 0 Å². The summed E-state index contributed by atoms with van der Waals surface area (Å²) >= 11 is 0. The third kappa shape index (κ3) is 2.75. The van der Waals surface area contributed by atoms with Gasteiger partial charge in [-0.25, -0.2) is 0 Å². The molecule has 1 heteroatoms. The summed E-state index contributed by atoms with van der Waals surface area (Å²) in [5, 5.41) is 0. The Morgan fingerprint density at radius 2 is 1.81 bits per heavy atom. The fourth-order valence-corrected chi connectivity index (χ4v) is 2.03. The van der Waals surface area contributed by atoms with Gasteiger partial charge in [0.1, 0.15) is 0 Å². The molecule has 0 saturated heterocycles. The van der Waals surface area contributed by atoms with E-state index in [2.05, 4.69) is 61.4 Å². The Bertz CT molecular complexity index is 426. The molecule has 0 aliphatic rings. The first-order valence-electron chi connectivity index (χ1n) is 5.94. The highest BCUT2D eigenvalue weighted by Gasteiger charge is 2.06. The van der Waals surface area contributed by atoms with Crippen LogP contribution in [0, 0.1) is 5.92 Å². The van der Waals surface area contributed by atoms with Crippen molar-refractivity contribution < 1.29 is 0 Å². The topological polar surface area (TPSA) is 15.8 Å². The molecule has 2 aromatic rings. The molecular weight excluding hydrogens is 194 g/mol. The van der Waals surface area contributed by atoms with Crippen LogP contribution < -0.4 is 0 Å². The van der Waals surface area contributed by atoms with Crippen LogP contribution in [0.15, 0.2) is 42.6 Å². The minimum absolute atomic E-state index is 0.713. The van der Waals surface area contributed by atoms with Gasteiger partial charge in [0, 0.05) is 18.3 Å². The van der Waals surface area contributed by atoms with Crippen LogP contribution in [-0.2, 0) is 12.8 Å². The van der Waals surface area contributed by atoms with Crippen LogP contribution in [0.25, 0.3) is 0 Å². The maximum atomic E-state index is 3.36. The maximum Gasteiger partial charge on any atom is 0.0224 e. The second-order valence-corrected chi connectivity index (χ2v) is 4.74. The lowest BCUT2D eigenvalue weighted by molar-refractivity contribution is 0.644. The van der Waals surface area contributed by atoms with Crippen molar-refractivity contribution in [2.75, 3.05) is 0 Å². The highest BCUT2D eigenvalue weighted by molar-refractivity contribution is 5.28. The summed E-state index contributed by atoms with van der Waals surface area (Å²) in [6.45, 7) is 4.53. The lowest BCUT2D eigenvalue weighted by Gasteiger charge is -2.06. The molecule has 0 fully saturated rings. The number of aromatic nitrogens is 1. The van der Waals surface area contributed by atoms with Crippen LogP contribution in [0.4, 0.5) is 0 Å². The van der Waals surface area contributed by atoms with Crippen LogP contribution in [0.2, 0.25) is 0 Å². The van der Waals surface area contributed by atoms with Gasteiger partial charge >= 0.3 is 0 Å². The number of rotatable bonds is 4. The monoisotopic (exact) mass is 213 g/mol. The maximum absolute atomic E-state index is 3.36. The van der Waals surface area contributed by atoms with Crippen molar-refractivity contribution in [3.05, 3.63) is 59.4 Å². The highest BCUT2D eigenvalue weighted by Crippen LogP contribution is 2.16. The number of aromatic amines is 1. The molecule has 0 aliphatic carbocycles. The van der Waals surface area contributed by atoms with Crippen molar-refractivity contribution in [3.63, 3.8) is 0 Å². The molecule has 1 heterocycles. The summed E-state index contributed by atoms with van der Waals surface area (Å²) in [7, 11) is 0. The molecule has 0 unspecified atom stereocenters. The largest absolute Gasteiger partial charge is 0.364 e. The SMILES string of the molecule is CC(C)Cc1cc[nH]c1Cc1ccccc1. The molecule has 16 heavy (non-hydrogen) atoms. The Morgan fingerprint density at radius 1 is 1.06 bits per heavy atom. The van der Waals surface area contributed by atoms with E-state index in [1.165, 1.54) is 16.8 Å². The van der Waals surface area contributed by atoms with Gasteiger partial charge in [-0.3, -0.25) is 0 Å². The molecule has 1 aromatic heterocycles. The third-order valence-corrected chi connectivity index (χ3v) is 2.78. The van der Waals surface area contributed by atoms with E-state index in [-0.39, 0.29) is 0 Å². The van der Waals surface area contributed by atoms with E-state index in [9.17, 15) is 0 Å². The predicted octanol–water partition coefficient (Wildman–Crippen LogP) is 3.80. The Hall–Kier alpha value is -1.50. The Labute approximate surface area is 97.5 Å². The van der Waals surface area contributed by atoms with E-state index in [4.69, 9.17) is 0 Å². The molecule has 2 rings (SSSR count). The average Bonchev–Trinajstić information content (AvgIpc) is 2.66. The van der Waals surface area contributed by atoms with Gasteiger partial charge in [-0.2, -0.15) is 0 Å². The average molecular weight is 213 g/mol. The summed E-state index contributed by atoms with van der Waals surface area (Å²) in [5.41, 5.74) is 4.19. The lowest BCUT2D eigenvalue weighted by atomic mass is 10.00. The smallest absolute Gasteiger partial charge is 0.0224 e. The zero-order chi connectivity index (χ0) is 11.4. The molecule has 0 spiro atoms. The Balaban J connectivity index is 2.13. The standard InChI is InChI=1S/C15H19N/c1-12(2)10-14-8-9-16-15(14)11-13-6-4-3-5-7-13/h3-9,12,16H,10-11H2,1-2H3. The summed E-state index contributed by atoms with van der Waals surface area (Å²) in [6.07, 6.45) is 4.22. The minimum atomic E-state index is 0.713. The Kier molecular flexibility index (Phi) is 3.45. The van der Waals surface area contributed by atoms with Gasteiger partial charge in [-0.15, -0.1) is 0 Å². The quantitative estimate of drug-likeness (QED) is 0.795. The highest BCUT2D eigenvalue weighted by atomic mass is 14.7. The van der Waals surface area contributed by atoms with Crippen molar-refractivity contribution in [2.24, 2.45) is 5.92 Å². The number of nitrogens with one attached hydrogen (secondary N) is 1. The van der Waals surface area contributed by atoms with Crippen molar-refractivity contribution >= 4 is 0 Å². The van der Waals surface area contributed by atoms with E-state index >= 15 is 0 Å². The van der Waals surface area contributed by atoms with E-state index < -0.39 is 0 Å². The van der Waals surface area contributed by atoms with Crippen LogP contribution in [0.3, 0.4) is 0 Å². The molecule has 1 N–H and O–H groups in total. The molecule has 1 nitrogen and oxygen atoms in total. The normalized spacial score (nSPS) is 10.9. The zero-order valence-electron chi connectivity index (χ0n) is 10.0. The fraction of sp³-hybridized carbons (Fsp3) is 0.333. The predicted molar refractivity (Wildman–Crippen MR) is 68.6 cm³/mol. The number of H-pyrrole nitrogens is 1. The second-order valence-electron chi connectivity index (χ2n) is 4.74. The van der Waals surface area contributed by atoms with Gasteiger partial charge in [0.25, 0.3) is 0 Å². The van der Waals surface area contributed by atoms with Crippen molar-refractivity contribution in [2.45, 2.75) is 26.7 Å². The van der Waals surface area contributed by atoms with Crippen LogP contribution in [0.1, 0.15) is 30.7 Å². The van der Waals surface area contributed by atoms with Crippen LogP contribution >= 0.6 is 0 Å². The number of benzene rings is 1.